The highest BCUT2D eigenvalue weighted by molar-refractivity contribution is 8.00. The van der Waals surface area contributed by atoms with E-state index in [0.717, 1.165) is 17.8 Å². The normalized spacial score (nSPS) is 11.8. The van der Waals surface area contributed by atoms with Gasteiger partial charge in [0.1, 0.15) is 12.0 Å². The van der Waals surface area contributed by atoms with E-state index in [9.17, 15) is 4.79 Å². The zero-order chi connectivity index (χ0) is 14.6. The summed E-state index contributed by atoms with van der Waals surface area (Å²) in [6.45, 7) is 4.13. The van der Waals surface area contributed by atoms with Crippen molar-refractivity contribution in [2.75, 3.05) is 13.9 Å². The number of methoxy groups -OCH3 is 1. The van der Waals surface area contributed by atoms with Gasteiger partial charge >= 0.3 is 0 Å². The molecule has 0 amide bonds. The number of hydrogen-bond acceptors (Lipinski definition) is 5. The third-order valence-corrected chi connectivity index (χ3v) is 5.35. The summed E-state index contributed by atoms with van der Waals surface area (Å²) in [6, 6.07) is 8.19. The van der Waals surface area contributed by atoms with Crippen LogP contribution in [0.2, 0.25) is 0 Å². The van der Waals surface area contributed by atoms with E-state index in [0.29, 0.717) is 0 Å². The van der Waals surface area contributed by atoms with Gasteiger partial charge in [-0.15, -0.1) is 23.1 Å². The van der Waals surface area contributed by atoms with E-state index in [1.54, 1.807) is 30.2 Å². The molecule has 0 fully saturated rings. The van der Waals surface area contributed by atoms with E-state index in [2.05, 4.69) is 12.1 Å². The maximum atomic E-state index is 10.9. The van der Waals surface area contributed by atoms with E-state index in [-0.39, 0.29) is 11.5 Å². The van der Waals surface area contributed by atoms with Gasteiger partial charge in [-0.3, -0.25) is 0 Å². The average Bonchev–Trinajstić information content (AvgIpc) is 2.85. The molecule has 1 aromatic heterocycles. The Morgan fingerprint density at radius 2 is 2.15 bits per heavy atom. The van der Waals surface area contributed by atoms with Crippen molar-refractivity contribution < 1.29 is 14.3 Å². The third-order valence-electron chi connectivity index (χ3n) is 2.75. The SMILES string of the molecule is COCOc1ccc2sc(CSC(C)(C)C=O)cc2c1. The van der Waals surface area contributed by atoms with Gasteiger partial charge in [-0.05, 0) is 43.5 Å². The standard InChI is InChI=1S/C15H18O3S2/c1-15(2,9-16)19-8-13-7-11-6-12(18-10-17-3)4-5-14(11)20-13/h4-7,9H,8,10H2,1-3H3. The Labute approximate surface area is 127 Å². The molecule has 0 aliphatic rings. The second-order valence-electron chi connectivity index (χ2n) is 4.97. The summed E-state index contributed by atoms with van der Waals surface area (Å²) in [5.41, 5.74) is 0. The van der Waals surface area contributed by atoms with Crippen LogP contribution in [0.5, 0.6) is 5.75 Å². The molecule has 1 heterocycles. The molecule has 0 bridgehead atoms. The molecule has 0 saturated heterocycles. The van der Waals surface area contributed by atoms with Gasteiger partial charge in [-0.25, -0.2) is 0 Å². The smallest absolute Gasteiger partial charge is 0.188 e. The minimum atomic E-state index is -0.330. The maximum Gasteiger partial charge on any atom is 0.188 e. The number of thioether (sulfide) groups is 1. The summed E-state index contributed by atoms with van der Waals surface area (Å²) >= 11 is 3.41. The number of carbonyl (C=O) groups excluding carboxylic acids is 1. The Kier molecular flexibility index (Phi) is 5.07. The number of aldehydes is 1. The topological polar surface area (TPSA) is 35.5 Å². The molecule has 0 atom stereocenters. The first kappa shape index (κ1) is 15.4. The molecule has 3 nitrogen and oxygen atoms in total. The van der Waals surface area contributed by atoms with Crippen molar-refractivity contribution in [1.82, 2.24) is 0 Å². The predicted octanol–water partition coefficient (Wildman–Crippen LogP) is 4.09. The third kappa shape index (κ3) is 3.98. The lowest BCUT2D eigenvalue weighted by Gasteiger charge is -2.14. The molecule has 20 heavy (non-hydrogen) atoms. The Bertz CT molecular complexity index is 590. The molecule has 0 saturated carbocycles. The second-order valence-corrected chi connectivity index (χ2v) is 7.77. The minimum absolute atomic E-state index is 0.256. The highest BCUT2D eigenvalue weighted by Gasteiger charge is 2.17. The monoisotopic (exact) mass is 310 g/mol. The number of rotatable bonds is 7. The molecule has 5 heteroatoms. The molecule has 0 aliphatic carbocycles. The van der Waals surface area contributed by atoms with Gasteiger partial charge in [0.05, 0.1) is 4.75 Å². The Hall–Kier alpha value is -1.04. The lowest BCUT2D eigenvalue weighted by molar-refractivity contribution is -0.109. The van der Waals surface area contributed by atoms with Crippen LogP contribution in [-0.4, -0.2) is 24.9 Å². The van der Waals surface area contributed by atoms with Crippen LogP contribution in [0.3, 0.4) is 0 Å². The van der Waals surface area contributed by atoms with Crippen molar-refractivity contribution in [2.45, 2.75) is 24.3 Å². The fourth-order valence-electron chi connectivity index (χ4n) is 1.66. The number of carbonyl (C=O) groups is 1. The minimum Gasteiger partial charge on any atom is -0.468 e. The predicted molar refractivity (Wildman–Crippen MR) is 85.8 cm³/mol. The summed E-state index contributed by atoms with van der Waals surface area (Å²) in [4.78, 5) is 12.2. The molecule has 0 aliphatic heterocycles. The number of hydrogen-bond donors (Lipinski definition) is 0. The van der Waals surface area contributed by atoms with E-state index in [1.165, 1.54) is 15.0 Å². The van der Waals surface area contributed by atoms with Crippen molar-refractivity contribution >= 4 is 39.5 Å². The van der Waals surface area contributed by atoms with Crippen LogP contribution in [0, 0.1) is 0 Å². The van der Waals surface area contributed by atoms with Crippen molar-refractivity contribution in [1.29, 1.82) is 0 Å². The van der Waals surface area contributed by atoms with Crippen LogP contribution in [-0.2, 0) is 15.3 Å². The summed E-state index contributed by atoms with van der Waals surface area (Å²) in [5.74, 6) is 1.66. The molecule has 1 aromatic carbocycles. The van der Waals surface area contributed by atoms with Gasteiger partial charge in [-0.1, -0.05) is 0 Å². The zero-order valence-electron chi connectivity index (χ0n) is 11.8. The maximum absolute atomic E-state index is 10.9. The zero-order valence-corrected chi connectivity index (χ0v) is 13.5. The molecule has 0 unspecified atom stereocenters. The van der Waals surface area contributed by atoms with Crippen molar-refractivity contribution in [2.24, 2.45) is 0 Å². The molecule has 2 aromatic rings. The summed E-state index contributed by atoms with van der Waals surface area (Å²) in [7, 11) is 1.60. The van der Waals surface area contributed by atoms with Crippen molar-refractivity contribution in [3.05, 3.63) is 29.1 Å². The van der Waals surface area contributed by atoms with Crippen molar-refractivity contribution in [3.8, 4) is 5.75 Å². The van der Waals surface area contributed by atoms with Gasteiger partial charge < -0.3 is 14.3 Å². The van der Waals surface area contributed by atoms with Crippen molar-refractivity contribution in [3.63, 3.8) is 0 Å². The quantitative estimate of drug-likeness (QED) is 0.570. The Balaban J connectivity index is 2.10. The van der Waals surface area contributed by atoms with Gasteiger partial charge in [0.15, 0.2) is 6.79 Å². The van der Waals surface area contributed by atoms with Crippen LogP contribution in [0.15, 0.2) is 24.3 Å². The molecule has 108 valence electrons. The van der Waals surface area contributed by atoms with E-state index in [4.69, 9.17) is 9.47 Å². The highest BCUT2D eigenvalue weighted by Crippen LogP contribution is 2.34. The number of thiophene rings is 1. The Morgan fingerprint density at radius 3 is 2.85 bits per heavy atom. The molecule has 0 N–H and O–H groups in total. The number of benzene rings is 1. The van der Waals surface area contributed by atoms with Gasteiger partial charge in [-0.2, -0.15) is 0 Å². The van der Waals surface area contributed by atoms with Crippen LogP contribution < -0.4 is 4.74 Å². The lowest BCUT2D eigenvalue weighted by atomic mass is 10.2. The van der Waals surface area contributed by atoms with Gasteiger partial charge in [0.25, 0.3) is 0 Å². The lowest BCUT2D eigenvalue weighted by Crippen LogP contribution is -2.15. The molecule has 0 radical (unpaired) electrons. The molecule has 0 spiro atoms. The van der Waals surface area contributed by atoms with Crippen LogP contribution in [0.25, 0.3) is 10.1 Å². The largest absolute Gasteiger partial charge is 0.468 e. The molecule has 2 rings (SSSR count). The first-order valence-electron chi connectivity index (χ1n) is 6.28. The van der Waals surface area contributed by atoms with Gasteiger partial charge in [0.2, 0.25) is 0 Å². The fraction of sp³-hybridized carbons (Fsp3) is 0.400. The number of ether oxygens (including phenoxy) is 2. The highest BCUT2D eigenvalue weighted by atomic mass is 32.2. The van der Waals surface area contributed by atoms with E-state index in [1.807, 2.05) is 26.0 Å². The van der Waals surface area contributed by atoms with E-state index < -0.39 is 0 Å². The average molecular weight is 310 g/mol. The second kappa shape index (κ2) is 6.61. The van der Waals surface area contributed by atoms with E-state index >= 15 is 0 Å². The van der Waals surface area contributed by atoms with Crippen LogP contribution in [0.1, 0.15) is 18.7 Å². The number of fused-ring (bicyclic) bond motifs is 1. The summed E-state index contributed by atoms with van der Waals surface area (Å²) in [5, 5.41) is 1.17. The Morgan fingerprint density at radius 1 is 1.35 bits per heavy atom. The molecular weight excluding hydrogens is 292 g/mol. The van der Waals surface area contributed by atoms with Crippen LogP contribution >= 0.6 is 23.1 Å². The van der Waals surface area contributed by atoms with Gasteiger partial charge in [0, 0.05) is 22.4 Å². The fourth-order valence-corrected chi connectivity index (χ4v) is 3.57. The summed E-state index contributed by atoms with van der Waals surface area (Å²) < 4.78 is 11.2. The van der Waals surface area contributed by atoms with Crippen LogP contribution in [0.4, 0.5) is 0 Å². The summed E-state index contributed by atoms with van der Waals surface area (Å²) in [6.07, 6.45) is 1.00. The first-order chi connectivity index (χ1) is 9.54. The first-order valence-corrected chi connectivity index (χ1v) is 8.09. The molecular formula is C15H18O3S2.